The van der Waals surface area contributed by atoms with Gasteiger partial charge in [-0.15, -0.1) is 0 Å². The zero-order valence-electron chi connectivity index (χ0n) is 9.45. The second-order valence-corrected chi connectivity index (χ2v) is 3.32. The quantitative estimate of drug-likeness (QED) is 0.647. The molecule has 0 aliphatic heterocycles. The third-order valence-electron chi connectivity index (χ3n) is 1.92. The molecule has 0 saturated carbocycles. The molecule has 86 valence electrons. The van der Waals surface area contributed by atoms with E-state index in [0.717, 1.165) is 31.8 Å². The van der Waals surface area contributed by atoms with Crippen molar-refractivity contribution in [3.63, 3.8) is 0 Å². The Morgan fingerprint density at radius 3 is 2.93 bits per heavy atom. The zero-order valence-corrected chi connectivity index (χ0v) is 9.45. The first-order valence-electron chi connectivity index (χ1n) is 5.40. The molecule has 1 aromatic heterocycles. The molecule has 1 heterocycles. The van der Waals surface area contributed by atoms with E-state index in [2.05, 4.69) is 22.4 Å². The van der Waals surface area contributed by atoms with Gasteiger partial charge in [-0.3, -0.25) is 0 Å². The topological polar surface area (TPSA) is 60.2 Å². The van der Waals surface area contributed by atoms with Crippen LogP contribution in [0.4, 0.5) is 0 Å². The Morgan fingerprint density at radius 1 is 1.33 bits per heavy atom. The van der Waals surface area contributed by atoms with Gasteiger partial charge in [-0.1, -0.05) is 12.1 Å². The first kappa shape index (κ1) is 12.1. The lowest BCUT2D eigenvalue weighted by Gasteiger charge is -1.97. The highest BCUT2D eigenvalue weighted by Gasteiger charge is 2.04. The Morgan fingerprint density at radius 2 is 2.20 bits per heavy atom. The van der Waals surface area contributed by atoms with E-state index in [0.29, 0.717) is 18.9 Å². The number of rotatable bonds is 8. The zero-order chi connectivity index (χ0) is 10.9. The Labute approximate surface area is 90.2 Å². The maximum absolute atomic E-state index is 5.34. The SMILES string of the molecule is CCCOCCc1nc(CCNC)no1. The summed E-state index contributed by atoms with van der Waals surface area (Å²) in [7, 11) is 1.90. The summed E-state index contributed by atoms with van der Waals surface area (Å²) in [5.41, 5.74) is 0. The molecule has 0 aromatic carbocycles. The van der Waals surface area contributed by atoms with Crippen LogP contribution in [0.25, 0.3) is 0 Å². The maximum atomic E-state index is 5.34. The van der Waals surface area contributed by atoms with Crippen LogP contribution < -0.4 is 5.32 Å². The van der Waals surface area contributed by atoms with E-state index in [1.165, 1.54) is 0 Å². The van der Waals surface area contributed by atoms with Gasteiger partial charge in [0.1, 0.15) is 0 Å². The van der Waals surface area contributed by atoms with Crippen molar-refractivity contribution < 1.29 is 9.26 Å². The third-order valence-corrected chi connectivity index (χ3v) is 1.92. The Balaban J connectivity index is 2.20. The number of hydrogen-bond acceptors (Lipinski definition) is 5. The van der Waals surface area contributed by atoms with Crippen molar-refractivity contribution in [2.75, 3.05) is 26.8 Å². The molecular weight excluding hydrogens is 194 g/mol. The molecule has 1 N–H and O–H groups in total. The fraction of sp³-hybridized carbons (Fsp3) is 0.800. The first-order valence-corrected chi connectivity index (χ1v) is 5.40. The summed E-state index contributed by atoms with van der Waals surface area (Å²) < 4.78 is 10.4. The van der Waals surface area contributed by atoms with Crippen molar-refractivity contribution in [2.24, 2.45) is 0 Å². The van der Waals surface area contributed by atoms with E-state index in [1.807, 2.05) is 7.05 Å². The van der Waals surface area contributed by atoms with Gasteiger partial charge < -0.3 is 14.6 Å². The van der Waals surface area contributed by atoms with Crippen LogP contribution in [0, 0.1) is 0 Å². The fourth-order valence-electron chi connectivity index (χ4n) is 1.14. The molecule has 0 bridgehead atoms. The predicted molar refractivity (Wildman–Crippen MR) is 56.7 cm³/mol. The van der Waals surface area contributed by atoms with Crippen LogP contribution in [0.15, 0.2) is 4.52 Å². The largest absolute Gasteiger partial charge is 0.381 e. The summed E-state index contributed by atoms with van der Waals surface area (Å²) in [6.07, 6.45) is 2.54. The van der Waals surface area contributed by atoms with E-state index < -0.39 is 0 Å². The Kier molecular flexibility index (Phi) is 5.96. The smallest absolute Gasteiger partial charge is 0.228 e. The lowest BCUT2D eigenvalue weighted by atomic mass is 10.4. The van der Waals surface area contributed by atoms with Crippen molar-refractivity contribution in [1.29, 1.82) is 0 Å². The summed E-state index contributed by atoms with van der Waals surface area (Å²) >= 11 is 0. The number of ether oxygens (including phenoxy) is 1. The molecule has 0 saturated heterocycles. The van der Waals surface area contributed by atoms with Gasteiger partial charge in [0.15, 0.2) is 5.82 Å². The van der Waals surface area contributed by atoms with Crippen molar-refractivity contribution in [1.82, 2.24) is 15.5 Å². The van der Waals surface area contributed by atoms with Gasteiger partial charge in [-0.25, -0.2) is 0 Å². The van der Waals surface area contributed by atoms with Crippen molar-refractivity contribution in [2.45, 2.75) is 26.2 Å². The van der Waals surface area contributed by atoms with Gasteiger partial charge >= 0.3 is 0 Å². The molecule has 0 aliphatic rings. The minimum Gasteiger partial charge on any atom is -0.381 e. The average Bonchev–Trinajstić information content (AvgIpc) is 2.69. The molecule has 0 amide bonds. The minimum absolute atomic E-state index is 0.654. The van der Waals surface area contributed by atoms with E-state index in [4.69, 9.17) is 9.26 Å². The van der Waals surface area contributed by atoms with Crippen LogP contribution in [0.3, 0.4) is 0 Å². The number of nitrogens with one attached hydrogen (secondary N) is 1. The van der Waals surface area contributed by atoms with E-state index in [1.54, 1.807) is 0 Å². The van der Waals surface area contributed by atoms with Crippen molar-refractivity contribution in [3.8, 4) is 0 Å². The molecular formula is C10H19N3O2. The Bertz CT molecular complexity index is 263. The summed E-state index contributed by atoms with van der Waals surface area (Å²) in [6.45, 7) is 4.40. The van der Waals surface area contributed by atoms with Gasteiger partial charge in [-0.05, 0) is 13.5 Å². The minimum atomic E-state index is 0.654. The van der Waals surface area contributed by atoms with E-state index >= 15 is 0 Å². The molecule has 0 spiro atoms. The molecule has 0 fully saturated rings. The van der Waals surface area contributed by atoms with E-state index in [-0.39, 0.29) is 0 Å². The lowest BCUT2D eigenvalue weighted by Crippen LogP contribution is -2.11. The summed E-state index contributed by atoms with van der Waals surface area (Å²) in [6, 6.07) is 0. The second-order valence-electron chi connectivity index (χ2n) is 3.32. The standard InChI is InChI=1S/C10H19N3O2/c1-3-7-14-8-5-10-12-9(13-15-10)4-6-11-2/h11H,3-8H2,1-2H3. The third kappa shape index (κ3) is 4.90. The van der Waals surface area contributed by atoms with Crippen molar-refractivity contribution in [3.05, 3.63) is 11.7 Å². The van der Waals surface area contributed by atoms with Gasteiger partial charge in [0.2, 0.25) is 5.89 Å². The van der Waals surface area contributed by atoms with Crippen LogP contribution in [0.5, 0.6) is 0 Å². The molecule has 15 heavy (non-hydrogen) atoms. The highest BCUT2D eigenvalue weighted by atomic mass is 16.5. The van der Waals surface area contributed by atoms with Gasteiger partial charge in [0, 0.05) is 19.6 Å². The molecule has 1 rings (SSSR count). The average molecular weight is 213 g/mol. The number of hydrogen-bond donors (Lipinski definition) is 1. The van der Waals surface area contributed by atoms with Crippen LogP contribution in [0.1, 0.15) is 25.1 Å². The summed E-state index contributed by atoms with van der Waals surface area (Å²) in [4.78, 5) is 4.25. The van der Waals surface area contributed by atoms with Gasteiger partial charge in [0.05, 0.1) is 13.0 Å². The molecule has 0 unspecified atom stereocenters. The highest BCUT2D eigenvalue weighted by Crippen LogP contribution is 1.99. The number of nitrogens with zero attached hydrogens (tertiary/aromatic N) is 2. The van der Waals surface area contributed by atoms with Crippen LogP contribution in [-0.4, -0.2) is 36.9 Å². The maximum Gasteiger partial charge on any atom is 0.228 e. The number of likely N-dealkylation sites (N-methyl/N-ethyl adjacent to an activating group) is 1. The van der Waals surface area contributed by atoms with E-state index in [9.17, 15) is 0 Å². The first-order chi connectivity index (χ1) is 7.36. The second kappa shape index (κ2) is 7.36. The van der Waals surface area contributed by atoms with Crippen molar-refractivity contribution >= 4 is 0 Å². The molecule has 0 atom stereocenters. The lowest BCUT2D eigenvalue weighted by molar-refractivity contribution is 0.132. The molecule has 5 nitrogen and oxygen atoms in total. The van der Waals surface area contributed by atoms with Gasteiger partial charge in [-0.2, -0.15) is 4.98 Å². The fourth-order valence-corrected chi connectivity index (χ4v) is 1.14. The monoisotopic (exact) mass is 213 g/mol. The molecule has 0 radical (unpaired) electrons. The number of aromatic nitrogens is 2. The highest BCUT2D eigenvalue weighted by molar-refractivity contribution is 4.87. The van der Waals surface area contributed by atoms with Crippen LogP contribution in [0.2, 0.25) is 0 Å². The van der Waals surface area contributed by atoms with Gasteiger partial charge in [0.25, 0.3) is 0 Å². The normalized spacial score (nSPS) is 10.8. The molecule has 1 aromatic rings. The summed E-state index contributed by atoms with van der Waals surface area (Å²) in [5, 5.41) is 6.91. The molecule has 5 heteroatoms. The summed E-state index contributed by atoms with van der Waals surface area (Å²) in [5.74, 6) is 1.42. The Hall–Kier alpha value is -0.940. The van der Waals surface area contributed by atoms with Crippen LogP contribution >= 0.6 is 0 Å². The molecule has 0 aliphatic carbocycles. The predicted octanol–water partition coefficient (Wildman–Crippen LogP) is 0.801. The van der Waals surface area contributed by atoms with Crippen LogP contribution in [-0.2, 0) is 17.6 Å².